The van der Waals surface area contributed by atoms with Gasteiger partial charge in [0.1, 0.15) is 5.82 Å². The second-order valence-corrected chi connectivity index (χ2v) is 6.72. The molecular weight excluding hydrogens is 330 g/mol. The van der Waals surface area contributed by atoms with Gasteiger partial charge in [-0.1, -0.05) is 6.07 Å². The second kappa shape index (κ2) is 8.23. The normalized spacial score (nSPS) is 15.7. The van der Waals surface area contributed by atoms with E-state index in [-0.39, 0.29) is 17.9 Å². The number of aromatic amines is 1. The summed E-state index contributed by atoms with van der Waals surface area (Å²) in [6.45, 7) is 7.45. The summed E-state index contributed by atoms with van der Waals surface area (Å²) in [5.41, 5.74) is 1.93. The highest BCUT2D eigenvalue weighted by atomic mass is 16.2. The molecule has 0 radical (unpaired) electrons. The molecule has 1 aliphatic heterocycles. The standard InChI is InChI=1S/C19H25N5O2/c1-14-17(19(26)22-15(2)21-14)12-18(25)24-9-5-8-23(10-11-24)13-16-6-3-4-7-20-16/h3-4,6-7H,5,8-13H2,1-2H3,(H,21,22,26). The number of carbonyl (C=O) groups is 1. The van der Waals surface area contributed by atoms with Crippen LogP contribution in [0.1, 0.15) is 29.2 Å². The molecule has 0 atom stereocenters. The molecule has 1 saturated heterocycles. The summed E-state index contributed by atoms with van der Waals surface area (Å²) in [6.07, 6.45) is 2.83. The highest BCUT2D eigenvalue weighted by Crippen LogP contribution is 2.10. The maximum Gasteiger partial charge on any atom is 0.254 e. The van der Waals surface area contributed by atoms with Gasteiger partial charge >= 0.3 is 0 Å². The zero-order valence-corrected chi connectivity index (χ0v) is 15.4. The van der Waals surface area contributed by atoms with Crippen molar-refractivity contribution >= 4 is 5.91 Å². The van der Waals surface area contributed by atoms with Crippen LogP contribution in [-0.2, 0) is 17.8 Å². The van der Waals surface area contributed by atoms with Crippen molar-refractivity contribution in [2.75, 3.05) is 26.2 Å². The molecule has 3 rings (SSSR count). The fraction of sp³-hybridized carbons (Fsp3) is 0.474. The van der Waals surface area contributed by atoms with Crippen molar-refractivity contribution < 1.29 is 4.79 Å². The molecular formula is C19H25N5O2. The van der Waals surface area contributed by atoms with Crippen LogP contribution in [-0.4, -0.2) is 56.8 Å². The van der Waals surface area contributed by atoms with Gasteiger partial charge in [0, 0.05) is 50.2 Å². The molecule has 0 saturated carbocycles. The molecule has 3 heterocycles. The van der Waals surface area contributed by atoms with Crippen LogP contribution in [0.3, 0.4) is 0 Å². The molecule has 2 aromatic heterocycles. The van der Waals surface area contributed by atoms with Crippen molar-refractivity contribution in [1.82, 2.24) is 24.8 Å². The molecule has 0 aromatic carbocycles. The summed E-state index contributed by atoms with van der Waals surface area (Å²) >= 11 is 0. The van der Waals surface area contributed by atoms with E-state index in [2.05, 4.69) is 19.9 Å². The molecule has 7 heteroatoms. The Morgan fingerprint density at radius 3 is 2.77 bits per heavy atom. The number of hydrogen-bond donors (Lipinski definition) is 1. The maximum absolute atomic E-state index is 12.7. The number of pyridine rings is 1. The van der Waals surface area contributed by atoms with Crippen molar-refractivity contribution in [2.45, 2.75) is 33.2 Å². The molecule has 7 nitrogen and oxygen atoms in total. The monoisotopic (exact) mass is 355 g/mol. The summed E-state index contributed by atoms with van der Waals surface area (Å²) in [4.78, 5) is 40.3. The van der Waals surface area contributed by atoms with Crippen molar-refractivity contribution in [2.24, 2.45) is 0 Å². The quantitative estimate of drug-likeness (QED) is 0.887. The predicted molar refractivity (Wildman–Crippen MR) is 98.7 cm³/mol. The largest absolute Gasteiger partial charge is 0.341 e. The second-order valence-electron chi connectivity index (χ2n) is 6.72. The third-order valence-corrected chi connectivity index (χ3v) is 4.72. The maximum atomic E-state index is 12.7. The Balaban J connectivity index is 1.60. The molecule has 138 valence electrons. The summed E-state index contributed by atoms with van der Waals surface area (Å²) < 4.78 is 0. The van der Waals surface area contributed by atoms with E-state index in [4.69, 9.17) is 0 Å². The van der Waals surface area contributed by atoms with Gasteiger partial charge < -0.3 is 9.88 Å². The number of aryl methyl sites for hydroxylation is 2. The van der Waals surface area contributed by atoms with Crippen molar-refractivity contribution in [1.29, 1.82) is 0 Å². The number of hydrogen-bond acceptors (Lipinski definition) is 5. The molecule has 0 spiro atoms. The number of H-pyrrole nitrogens is 1. The minimum atomic E-state index is -0.213. The van der Waals surface area contributed by atoms with E-state index >= 15 is 0 Å². The number of carbonyl (C=O) groups excluding carboxylic acids is 1. The first-order valence-electron chi connectivity index (χ1n) is 8.99. The Morgan fingerprint density at radius 2 is 2.04 bits per heavy atom. The van der Waals surface area contributed by atoms with Crippen LogP contribution in [0.2, 0.25) is 0 Å². The predicted octanol–water partition coefficient (Wildman–Crippen LogP) is 1.06. The van der Waals surface area contributed by atoms with Crippen LogP contribution in [0.15, 0.2) is 29.2 Å². The molecule has 0 unspecified atom stereocenters. The first-order valence-corrected chi connectivity index (χ1v) is 8.99. The van der Waals surface area contributed by atoms with E-state index in [0.29, 0.717) is 30.2 Å². The van der Waals surface area contributed by atoms with E-state index in [1.54, 1.807) is 20.0 Å². The summed E-state index contributed by atoms with van der Waals surface area (Å²) in [6, 6.07) is 5.93. The Bertz CT molecular complexity index is 818. The van der Waals surface area contributed by atoms with Crippen LogP contribution in [0.5, 0.6) is 0 Å². The lowest BCUT2D eigenvalue weighted by molar-refractivity contribution is -0.130. The highest BCUT2D eigenvalue weighted by Gasteiger charge is 2.21. The van der Waals surface area contributed by atoms with Gasteiger partial charge in [0.05, 0.1) is 12.1 Å². The van der Waals surface area contributed by atoms with Gasteiger partial charge in [0.25, 0.3) is 5.56 Å². The van der Waals surface area contributed by atoms with Crippen molar-refractivity contribution in [3.05, 3.63) is 57.5 Å². The number of amides is 1. The van der Waals surface area contributed by atoms with Crippen molar-refractivity contribution in [3.8, 4) is 0 Å². The van der Waals surface area contributed by atoms with E-state index in [9.17, 15) is 9.59 Å². The molecule has 1 N–H and O–H groups in total. The fourth-order valence-corrected chi connectivity index (χ4v) is 3.32. The Morgan fingerprint density at radius 1 is 1.19 bits per heavy atom. The fourth-order valence-electron chi connectivity index (χ4n) is 3.32. The van der Waals surface area contributed by atoms with Gasteiger partial charge in [-0.05, 0) is 32.4 Å². The minimum absolute atomic E-state index is 0.0102. The van der Waals surface area contributed by atoms with Gasteiger partial charge in [-0.25, -0.2) is 4.98 Å². The average molecular weight is 355 g/mol. The van der Waals surface area contributed by atoms with E-state index < -0.39 is 0 Å². The van der Waals surface area contributed by atoms with Crippen LogP contribution in [0.4, 0.5) is 0 Å². The lowest BCUT2D eigenvalue weighted by atomic mass is 10.1. The minimum Gasteiger partial charge on any atom is -0.341 e. The number of nitrogens with zero attached hydrogens (tertiary/aromatic N) is 4. The number of aromatic nitrogens is 3. The Labute approximate surface area is 153 Å². The van der Waals surface area contributed by atoms with Gasteiger partial charge in [0.2, 0.25) is 5.91 Å². The van der Waals surface area contributed by atoms with Gasteiger partial charge in [-0.2, -0.15) is 0 Å². The molecule has 2 aromatic rings. The Hall–Kier alpha value is -2.54. The van der Waals surface area contributed by atoms with Gasteiger partial charge in [-0.15, -0.1) is 0 Å². The lowest BCUT2D eigenvalue weighted by Crippen LogP contribution is -2.37. The molecule has 0 bridgehead atoms. The first-order chi connectivity index (χ1) is 12.5. The average Bonchev–Trinajstić information content (AvgIpc) is 2.84. The first kappa shape index (κ1) is 18.3. The SMILES string of the molecule is Cc1nc(C)c(CC(=O)N2CCCN(Cc3ccccn3)CC2)c(=O)[nH]1. The smallest absolute Gasteiger partial charge is 0.254 e. The summed E-state index contributed by atoms with van der Waals surface area (Å²) in [5.74, 6) is 0.563. The number of nitrogens with one attached hydrogen (secondary N) is 1. The molecule has 1 fully saturated rings. The molecule has 26 heavy (non-hydrogen) atoms. The zero-order chi connectivity index (χ0) is 18.5. The topological polar surface area (TPSA) is 82.2 Å². The van der Waals surface area contributed by atoms with Gasteiger partial charge in [-0.3, -0.25) is 19.5 Å². The molecule has 0 aliphatic carbocycles. The van der Waals surface area contributed by atoms with E-state index in [1.807, 2.05) is 23.1 Å². The van der Waals surface area contributed by atoms with Crippen LogP contribution in [0, 0.1) is 13.8 Å². The highest BCUT2D eigenvalue weighted by molar-refractivity contribution is 5.79. The third-order valence-electron chi connectivity index (χ3n) is 4.72. The van der Waals surface area contributed by atoms with E-state index in [0.717, 1.165) is 31.7 Å². The third kappa shape index (κ3) is 4.54. The van der Waals surface area contributed by atoms with Crippen LogP contribution < -0.4 is 5.56 Å². The van der Waals surface area contributed by atoms with Crippen LogP contribution in [0.25, 0.3) is 0 Å². The zero-order valence-electron chi connectivity index (χ0n) is 15.4. The lowest BCUT2D eigenvalue weighted by Gasteiger charge is -2.22. The number of rotatable bonds is 4. The summed E-state index contributed by atoms with van der Waals surface area (Å²) in [7, 11) is 0. The molecule has 1 aliphatic rings. The van der Waals surface area contributed by atoms with E-state index in [1.165, 1.54) is 0 Å². The summed E-state index contributed by atoms with van der Waals surface area (Å²) in [5, 5.41) is 0. The Kier molecular flexibility index (Phi) is 5.78. The molecule has 1 amide bonds. The van der Waals surface area contributed by atoms with Crippen LogP contribution >= 0.6 is 0 Å². The van der Waals surface area contributed by atoms with Gasteiger partial charge in [0.15, 0.2) is 0 Å². The van der Waals surface area contributed by atoms with Crippen molar-refractivity contribution in [3.63, 3.8) is 0 Å².